The smallest absolute Gasteiger partial charge is 0.0359 e. The molecule has 0 radical (unpaired) electrons. The molecule has 58 valence electrons. The molecule has 0 aromatic rings. The van der Waals surface area contributed by atoms with Gasteiger partial charge in [0.1, 0.15) is 0 Å². The van der Waals surface area contributed by atoms with Crippen LogP contribution in [0.1, 0.15) is 6.42 Å². The van der Waals surface area contributed by atoms with Gasteiger partial charge in [-0.05, 0) is 19.5 Å². The minimum atomic E-state index is 0.852. The molecule has 3 aliphatic rings. The summed E-state index contributed by atoms with van der Waals surface area (Å²) in [5.41, 5.74) is 0. The van der Waals surface area contributed by atoms with E-state index in [4.69, 9.17) is 0 Å². The molecular formula is C7H15N3. The van der Waals surface area contributed by atoms with Gasteiger partial charge in [-0.15, -0.1) is 0 Å². The molecule has 3 aliphatic heterocycles. The van der Waals surface area contributed by atoms with E-state index in [-0.39, 0.29) is 0 Å². The van der Waals surface area contributed by atoms with Crippen molar-refractivity contribution in [2.75, 3.05) is 26.2 Å². The van der Waals surface area contributed by atoms with E-state index in [0.717, 1.165) is 12.1 Å². The van der Waals surface area contributed by atoms with Gasteiger partial charge in [0.15, 0.2) is 0 Å². The average Bonchev–Trinajstić information content (AvgIpc) is 1.74. The Morgan fingerprint density at radius 3 is 1.30 bits per heavy atom. The lowest BCUT2D eigenvalue weighted by Gasteiger charge is -2.48. The highest BCUT2D eigenvalue weighted by Gasteiger charge is 2.37. The summed E-state index contributed by atoms with van der Waals surface area (Å²) in [4.78, 5) is 0. The van der Waals surface area contributed by atoms with Crippen molar-refractivity contribution in [3.05, 3.63) is 0 Å². The van der Waals surface area contributed by atoms with Crippen molar-refractivity contribution < 1.29 is 0 Å². The predicted molar refractivity (Wildman–Crippen MR) is 41.1 cm³/mol. The third-order valence-electron chi connectivity index (χ3n) is 2.39. The summed E-state index contributed by atoms with van der Waals surface area (Å²) in [6, 6.07) is 1.70. The lowest BCUT2D eigenvalue weighted by atomic mass is 9.93. The van der Waals surface area contributed by atoms with Gasteiger partial charge in [-0.25, -0.2) is 0 Å². The molecule has 2 unspecified atom stereocenters. The molecule has 0 aromatic heterocycles. The highest BCUT2D eigenvalue weighted by molar-refractivity contribution is 5.03. The van der Waals surface area contributed by atoms with Gasteiger partial charge in [0.05, 0.1) is 0 Å². The molecule has 0 aromatic carbocycles. The Morgan fingerprint density at radius 1 is 0.900 bits per heavy atom. The molecule has 10 heavy (non-hydrogen) atoms. The molecule has 0 amide bonds. The van der Waals surface area contributed by atoms with Crippen molar-refractivity contribution in [2.45, 2.75) is 18.5 Å². The molecule has 3 fully saturated rings. The SMILES string of the molecule is C1CNC1.C1NC2CNC12. The molecule has 0 saturated carbocycles. The first kappa shape index (κ1) is 6.58. The fourth-order valence-electron chi connectivity index (χ4n) is 1.13. The fraction of sp³-hybridized carbons (Fsp3) is 1.00. The van der Waals surface area contributed by atoms with Crippen LogP contribution in [0.4, 0.5) is 0 Å². The van der Waals surface area contributed by atoms with Crippen molar-refractivity contribution in [3.8, 4) is 0 Å². The van der Waals surface area contributed by atoms with Crippen LogP contribution in [-0.4, -0.2) is 38.3 Å². The van der Waals surface area contributed by atoms with E-state index in [9.17, 15) is 0 Å². The average molecular weight is 141 g/mol. The lowest BCUT2D eigenvalue weighted by Crippen LogP contribution is -2.76. The third-order valence-corrected chi connectivity index (χ3v) is 2.39. The summed E-state index contributed by atoms with van der Waals surface area (Å²) >= 11 is 0. The molecule has 3 N–H and O–H groups in total. The van der Waals surface area contributed by atoms with Crippen molar-refractivity contribution in [1.29, 1.82) is 0 Å². The largest absolute Gasteiger partial charge is 0.317 e. The molecule has 0 aliphatic carbocycles. The number of rotatable bonds is 0. The van der Waals surface area contributed by atoms with E-state index in [1.54, 1.807) is 0 Å². The van der Waals surface area contributed by atoms with Crippen LogP contribution in [-0.2, 0) is 0 Å². The van der Waals surface area contributed by atoms with Crippen molar-refractivity contribution in [3.63, 3.8) is 0 Å². The van der Waals surface area contributed by atoms with Gasteiger partial charge in [0.25, 0.3) is 0 Å². The summed E-state index contributed by atoms with van der Waals surface area (Å²) in [6.45, 7) is 4.90. The zero-order valence-electron chi connectivity index (χ0n) is 6.19. The Labute approximate surface area is 61.6 Å². The Kier molecular flexibility index (Phi) is 1.88. The van der Waals surface area contributed by atoms with Crippen molar-refractivity contribution in [2.24, 2.45) is 0 Å². The van der Waals surface area contributed by atoms with Crippen molar-refractivity contribution >= 4 is 0 Å². The first-order chi connectivity index (χ1) is 4.97. The predicted octanol–water partition coefficient (Wildman–Crippen LogP) is -1.09. The maximum Gasteiger partial charge on any atom is 0.0359 e. The third kappa shape index (κ3) is 1.17. The molecule has 3 saturated heterocycles. The van der Waals surface area contributed by atoms with Gasteiger partial charge in [0.2, 0.25) is 0 Å². The number of nitrogens with one attached hydrogen (secondary N) is 3. The Morgan fingerprint density at radius 2 is 1.30 bits per heavy atom. The van der Waals surface area contributed by atoms with Gasteiger partial charge in [-0.3, -0.25) is 0 Å². The van der Waals surface area contributed by atoms with Crippen LogP contribution in [0.25, 0.3) is 0 Å². The second-order valence-electron chi connectivity index (χ2n) is 3.13. The van der Waals surface area contributed by atoms with Gasteiger partial charge in [-0.2, -0.15) is 0 Å². The number of hydrogen-bond donors (Lipinski definition) is 3. The summed E-state index contributed by atoms with van der Waals surface area (Å²) in [6.07, 6.45) is 1.39. The second-order valence-corrected chi connectivity index (χ2v) is 3.13. The minimum absolute atomic E-state index is 0.852. The maximum atomic E-state index is 3.28. The first-order valence-corrected chi connectivity index (χ1v) is 4.14. The van der Waals surface area contributed by atoms with Crippen LogP contribution in [0.15, 0.2) is 0 Å². The maximum absolute atomic E-state index is 3.28. The summed E-state index contributed by atoms with van der Waals surface area (Å²) in [7, 11) is 0. The Bertz CT molecular complexity index is 89.4. The molecule has 3 heteroatoms. The number of piperazine rings is 1. The molecule has 3 nitrogen and oxygen atoms in total. The van der Waals surface area contributed by atoms with Gasteiger partial charge in [-0.1, -0.05) is 0 Å². The van der Waals surface area contributed by atoms with Crippen LogP contribution in [0.3, 0.4) is 0 Å². The quantitative estimate of drug-likeness (QED) is 0.401. The van der Waals surface area contributed by atoms with E-state index in [2.05, 4.69) is 16.0 Å². The van der Waals surface area contributed by atoms with Gasteiger partial charge >= 0.3 is 0 Å². The van der Waals surface area contributed by atoms with Crippen LogP contribution < -0.4 is 16.0 Å². The normalized spacial score (nSPS) is 40.8. The first-order valence-electron chi connectivity index (χ1n) is 4.14. The highest BCUT2D eigenvalue weighted by Crippen LogP contribution is 2.10. The second kappa shape index (κ2) is 2.86. The topological polar surface area (TPSA) is 36.1 Å². The zero-order chi connectivity index (χ0) is 6.81. The van der Waals surface area contributed by atoms with Crippen molar-refractivity contribution in [1.82, 2.24) is 16.0 Å². The van der Waals surface area contributed by atoms with E-state index >= 15 is 0 Å². The van der Waals surface area contributed by atoms with E-state index in [1.807, 2.05) is 0 Å². The monoisotopic (exact) mass is 141 g/mol. The van der Waals surface area contributed by atoms with Crippen LogP contribution in [0, 0.1) is 0 Å². The standard InChI is InChI=1S/C4H8N2.C3H7N/c1-3-4(5-1)2-6-3;1-2-4-3-1/h3-6H,1-2H2;4H,1-3H2. The fourth-order valence-corrected chi connectivity index (χ4v) is 1.13. The number of fused-ring (bicyclic) bond motifs is 1. The molecule has 3 rings (SSSR count). The van der Waals surface area contributed by atoms with E-state index < -0.39 is 0 Å². The van der Waals surface area contributed by atoms with E-state index in [1.165, 1.54) is 32.6 Å². The molecule has 3 heterocycles. The van der Waals surface area contributed by atoms with Crippen LogP contribution in [0.5, 0.6) is 0 Å². The zero-order valence-corrected chi connectivity index (χ0v) is 6.19. The van der Waals surface area contributed by atoms with Gasteiger partial charge in [0, 0.05) is 25.2 Å². The Balaban J connectivity index is 0.0000000886. The van der Waals surface area contributed by atoms with Crippen LogP contribution in [0.2, 0.25) is 0 Å². The molecular weight excluding hydrogens is 126 g/mol. The molecule has 0 bridgehead atoms. The summed E-state index contributed by atoms with van der Waals surface area (Å²) in [5, 5.41) is 9.68. The molecule has 0 spiro atoms. The van der Waals surface area contributed by atoms with E-state index in [0.29, 0.717) is 0 Å². The number of hydrogen-bond acceptors (Lipinski definition) is 3. The summed E-state index contributed by atoms with van der Waals surface area (Å²) in [5.74, 6) is 0. The highest BCUT2D eigenvalue weighted by atomic mass is 15.2. The minimum Gasteiger partial charge on any atom is -0.317 e. The molecule has 2 atom stereocenters. The Hall–Kier alpha value is -0.120. The lowest BCUT2D eigenvalue weighted by molar-refractivity contribution is 0.164. The summed E-state index contributed by atoms with van der Waals surface area (Å²) < 4.78 is 0. The van der Waals surface area contributed by atoms with Gasteiger partial charge < -0.3 is 16.0 Å². The van der Waals surface area contributed by atoms with Crippen LogP contribution >= 0.6 is 0 Å².